The highest BCUT2D eigenvalue weighted by Gasteiger charge is 2.19. The van der Waals surface area contributed by atoms with E-state index in [1.807, 2.05) is 13.8 Å². The van der Waals surface area contributed by atoms with E-state index < -0.39 is 17.2 Å². The topological polar surface area (TPSA) is 93.1 Å². The molecule has 0 aliphatic heterocycles. The van der Waals surface area contributed by atoms with Crippen LogP contribution in [0.15, 0.2) is 41.7 Å². The maximum atomic E-state index is 12.9. The Morgan fingerprint density at radius 2 is 1.55 bits per heavy atom. The minimum absolute atomic E-state index is 0.00836. The van der Waals surface area contributed by atoms with Crippen molar-refractivity contribution in [3.8, 4) is 0 Å². The first kappa shape index (κ1) is 22.3. The molecule has 2 N–H and O–H groups in total. The molecule has 0 radical (unpaired) electrons. The Balaban J connectivity index is 2.26. The summed E-state index contributed by atoms with van der Waals surface area (Å²) in [7, 11) is 0. The van der Waals surface area contributed by atoms with Gasteiger partial charge < -0.3 is 15.2 Å². The predicted octanol–water partition coefficient (Wildman–Crippen LogP) is 2.61. The first-order valence-electron chi connectivity index (χ1n) is 9.97. The van der Waals surface area contributed by atoms with Gasteiger partial charge in [-0.05, 0) is 36.0 Å². The van der Waals surface area contributed by atoms with Crippen LogP contribution in [0.25, 0.3) is 0 Å². The average Bonchev–Trinajstić information content (AvgIpc) is 2.67. The van der Waals surface area contributed by atoms with Crippen LogP contribution in [0.3, 0.4) is 0 Å². The van der Waals surface area contributed by atoms with Crippen molar-refractivity contribution < 1.29 is 9.59 Å². The Labute approximate surface area is 171 Å². The van der Waals surface area contributed by atoms with E-state index in [9.17, 15) is 14.4 Å². The number of nitrogens with zero attached hydrogens (tertiary/aromatic N) is 2. The summed E-state index contributed by atoms with van der Waals surface area (Å²) in [5.41, 5.74) is 0.278. The van der Waals surface area contributed by atoms with Crippen LogP contribution >= 0.6 is 0 Å². The molecule has 0 saturated heterocycles. The molecule has 0 spiro atoms. The molecule has 0 unspecified atom stereocenters. The Morgan fingerprint density at radius 3 is 2.10 bits per heavy atom. The van der Waals surface area contributed by atoms with Gasteiger partial charge in [-0.15, -0.1) is 0 Å². The Hall–Kier alpha value is -2.96. The third-order valence-electron chi connectivity index (χ3n) is 4.35. The zero-order valence-corrected chi connectivity index (χ0v) is 17.6. The molecule has 2 aromatic rings. The quantitative estimate of drug-likeness (QED) is 0.679. The molecule has 0 aliphatic carbocycles. The van der Waals surface area contributed by atoms with Gasteiger partial charge in [0.25, 0.3) is 11.8 Å². The first-order valence-corrected chi connectivity index (χ1v) is 9.97. The standard InChI is InChI=1S/C22H30N4O3/c1-15(2)5-10-24-21(28)18-13-26(12-16(3)4)14-19(20(18)27)22(29)25-11-17-6-8-23-9-7-17/h6-9,13-16H,5,10-12H2,1-4H3,(H,24,28)(H,25,29). The van der Waals surface area contributed by atoms with Crippen LogP contribution in [0, 0.1) is 11.8 Å². The SMILES string of the molecule is CC(C)CCNC(=O)c1cn(CC(C)C)cc(C(=O)NCc2ccncc2)c1=O. The fraction of sp³-hybridized carbons (Fsp3) is 0.455. The second kappa shape index (κ2) is 10.5. The molecule has 2 aromatic heterocycles. The van der Waals surface area contributed by atoms with E-state index in [-0.39, 0.29) is 17.7 Å². The van der Waals surface area contributed by atoms with Gasteiger partial charge >= 0.3 is 0 Å². The van der Waals surface area contributed by atoms with Gasteiger partial charge in [0.1, 0.15) is 11.1 Å². The van der Waals surface area contributed by atoms with Crippen LogP contribution in [0.1, 0.15) is 60.4 Å². The molecule has 7 nitrogen and oxygen atoms in total. The van der Waals surface area contributed by atoms with E-state index in [1.54, 1.807) is 29.1 Å². The Morgan fingerprint density at radius 1 is 0.966 bits per heavy atom. The Bertz CT molecular complexity index is 889. The van der Waals surface area contributed by atoms with Crippen LogP contribution in [0.4, 0.5) is 0 Å². The fourth-order valence-corrected chi connectivity index (χ4v) is 2.83. The van der Waals surface area contributed by atoms with Gasteiger partial charge in [-0.2, -0.15) is 0 Å². The van der Waals surface area contributed by atoms with E-state index >= 15 is 0 Å². The van der Waals surface area contributed by atoms with Gasteiger partial charge in [-0.25, -0.2) is 0 Å². The van der Waals surface area contributed by atoms with Crippen molar-refractivity contribution in [2.75, 3.05) is 6.54 Å². The highest BCUT2D eigenvalue weighted by molar-refractivity contribution is 5.99. The van der Waals surface area contributed by atoms with Crippen molar-refractivity contribution in [3.63, 3.8) is 0 Å². The van der Waals surface area contributed by atoms with Crippen molar-refractivity contribution in [2.45, 2.75) is 47.2 Å². The third kappa shape index (κ3) is 6.85. The van der Waals surface area contributed by atoms with Gasteiger partial charge in [-0.1, -0.05) is 27.7 Å². The minimum Gasteiger partial charge on any atom is -0.352 e. The predicted molar refractivity (Wildman–Crippen MR) is 113 cm³/mol. The zero-order valence-electron chi connectivity index (χ0n) is 17.6. The summed E-state index contributed by atoms with van der Waals surface area (Å²) in [6, 6.07) is 3.58. The van der Waals surface area contributed by atoms with E-state index in [0.29, 0.717) is 24.9 Å². The molecule has 7 heteroatoms. The molecule has 2 heterocycles. The van der Waals surface area contributed by atoms with Crippen molar-refractivity contribution >= 4 is 11.8 Å². The number of pyridine rings is 2. The molecule has 29 heavy (non-hydrogen) atoms. The number of carbonyl (C=O) groups is 2. The molecule has 0 aliphatic rings. The molecule has 156 valence electrons. The monoisotopic (exact) mass is 398 g/mol. The summed E-state index contributed by atoms with van der Waals surface area (Å²) < 4.78 is 1.74. The second-order valence-electron chi connectivity index (χ2n) is 7.98. The molecule has 2 amide bonds. The molecule has 0 atom stereocenters. The number of aromatic nitrogens is 2. The van der Waals surface area contributed by atoms with Gasteiger partial charge in [0.2, 0.25) is 5.43 Å². The molecule has 0 saturated carbocycles. The molecule has 0 bridgehead atoms. The maximum Gasteiger partial charge on any atom is 0.257 e. The second-order valence-corrected chi connectivity index (χ2v) is 7.98. The van der Waals surface area contributed by atoms with Gasteiger partial charge in [-0.3, -0.25) is 19.4 Å². The number of rotatable bonds is 9. The van der Waals surface area contributed by atoms with Crippen LogP contribution in [0.2, 0.25) is 0 Å². The normalized spacial score (nSPS) is 11.0. The van der Waals surface area contributed by atoms with Gasteiger partial charge in [0.05, 0.1) is 0 Å². The van der Waals surface area contributed by atoms with Crippen molar-refractivity contribution in [3.05, 3.63) is 63.8 Å². The smallest absolute Gasteiger partial charge is 0.257 e. The number of hydrogen-bond donors (Lipinski definition) is 2. The van der Waals surface area contributed by atoms with E-state index in [1.165, 1.54) is 12.4 Å². The third-order valence-corrected chi connectivity index (χ3v) is 4.35. The van der Waals surface area contributed by atoms with Crippen molar-refractivity contribution in [1.82, 2.24) is 20.2 Å². The lowest BCUT2D eigenvalue weighted by Gasteiger charge is -2.14. The van der Waals surface area contributed by atoms with Gasteiger partial charge in [0.15, 0.2) is 0 Å². The maximum absolute atomic E-state index is 12.9. The van der Waals surface area contributed by atoms with Crippen LogP contribution in [-0.2, 0) is 13.1 Å². The van der Waals surface area contributed by atoms with E-state index in [0.717, 1.165) is 12.0 Å². The lowest BCUT2D eigenvalue weighted by atomic mass is 10.1. The number of amides is 2. The molecular formula is C22H30N4O3. The summed E-state index contributed by atoms with van der Waals surface area (Å²) in [5, 5.41) is 5.53. The molecular weight excluding hydrogens is 368 g/mol. The summed E-state index contributed by atoms with van der Waals surface area (Å²) in [4.78, 5) is 42.1. The highest BCUT2D eigenvalue weighted by Crippen LogP contribution is 2.05. The molecule has 2 rings (SSSR count). The number of nitrogens with one attached hydrogen (secondary N) is 2. The Kier molecular flexibility index (Phi) is 8.12. The summed E-state index contributed by atoms with van der Waals surface area (Å²) in [6.07, 6.45) is 7.15. The van der Waals surface area contributed by atoms with Crippen LogP contribution < -0.4 is 16.1 Å². The minimum atomic E-state index is -0.556. The first-order chi connectivity index (χ1) is 13.8. The van der Waals surface area contributed by atoms with Crippen molar-refractivity contribution in [2.24, 2.45) is 11.8 Å². The zero-order chi connectivity index (χ0) is 21.4. The average molecular weight is 399 g/mol. The molecule has 0 fully saturated rings. The fourth-order valence-electron chi connectivity index (χ4n) is 2.83. The number of carbonyl (C=O) groups excluding carboxylic acids is 2. The molecule has 0 aromatic carbocycles. The lowest BCUT2D eigenvalue weighted by molar-refractivity contribution is 0.0948. The summed E-state index contributed by atoms with van der Waals surface area (Å²) in [6.45, 7) is 9.55. The summed E-state index contributed by atoms with van der Waals surface area (Å²) in [5.74, 6) is -0.210. The van der Waals surface area contributed by atoms with Crippen molar-refractivity contribution in [1.29, 1.82) is 0 Å². The van der Waals surface area contributed by atoms with Crippen LogP contribution in [-0.4, -0.2) is 27.9 Å². The summed E-state index contributed by atoms with van der Waals surface area (Å²) >= 11 is 0. The highest BCUT2D eigenvalue weighted by atomic mass is 16.2. The van der Waals surface area contributed by atoms with Gasteiger partial charge in [0, 0.05) is 44.4 Å². The lowest BCUT2D eigenvalue weighted by Crippen LogP contribution is -2.36. The van der Waals surface area contributed by atoms with Crippen LogP contribution in [0.5, 0.6) is 0 Å². The largest absolute Gasteiger partial charge is 0.352 e. The van der Waals surface area contributed by atoms with E-state index in [2.05, 4.69) is 29.5 Å². The van der Waals surface area contributed by atoms with E-state index in [4.69, 9.17) is 0 Å². The number of hydrogen-bond acceptors (Lipinski definition) is 4.